The molecule has 3 rings (SSSR count). The van der Waals surface area contributed by atoms with Crippen molar-refractivity contribution in [3.05, 3.63) is 0 Å². The van der Waals surface area contributed by atoms with Crippen LogP contribution in [-0.2, 0) is 4.74 Å². The van der Waals surface area contributed by atoms with Crippen LogP contribution in [0.1, 0.15) is 20.3 Å². The van der Waals surface area contributed by atoms with Gasteiger partial charge in [0.2, 0.25) is 0 Å². The molecule has 1 saturated carbocycles. The van der Waals surface area contributed by atoms with Gasteiger partial charge in [-0.2, -0.15) is 0 Å². The smallest absolute Gasteiger partial charge is 0.0718 e. The van der Waals surface area contributed by atoms with E-state index in [2.05, 4.69) is 18.7 Å². The molecule has 0 spiro atoms. The van der Waals surface area contributed by atoms with Crippen molar-refractivity contribution in [1.82, 2.24) is 4.90 Å². The van der Waals surface area contributed by atoms with Crippen molar-refractivity contribution in [2.75, 3.05) is 13.2 Å². The van der Waals surface area contributed by atoms with Gasteiger partial charge < -0.3 is 4.74 Å². The number of rotatable bonds is 1. The second-order valence-electron chi connectivity index (χ2n) is 4.75. The van der Waals surface area contributed by atoms with E-state index in [4.69, 9.17) is 4.74 Å². The molecule has 2 bridgehead atoms. The summed E-state index contributed by atoms with van der Waals surface area (Å²) in [6, 6.07) is 1.66. The summed E-state index contributed by atoms with van der Waals surface area (Å²) in [5, 5.41) is 0. The molecule has 4 unspecified atom stereocenters. The molecule has 0 aromatic heterocycles. The van der Waals surface area contributed by atoms with Gasteiger partial charge in [-0.1, -0.05) is 13.8 Å². The van der Waals surface area contributed by atoms with Crippen LogP contribution in [0, 0.1) is 11.8 Å². The molecule has 68 valence electrons. The zero-order valence-corrected chi connectivity index (χ0v) is 7.86. The molecule has 2 saturated heterocycles. The first-order chi connectivity index (χ1) is 5.77. The highest BCUT2D eigenvalue weighted by atomic mass is 16.5. The lowest BCUT2D eigenvalue weighted by atomic mass is 10.2. The Morgan fingerprint density at radius 3 is 2.42 bits per heavy atom. The van der Waals surface area contributed by atoms with E-state index >= 15 is 0 Å². The van der Waals surface area contributed by atoms with E-state index in [0.29, 0.717) is 6.10 Å². The molecule has 2 heteroatoms. The Hall–Kier alpha value is -0.0800. The predicted octanol–water partition coefficient (Wildman–Crippen LogP) is 1.11. The molecule has 2 aliphatic heterocycles. The van der Waals surface area contributed by atoms with Crippen molar-refractivity contribution in [1.29, 1.82) is 0 Å². The lowest BCUT2D eigenvalue weighted by Crippen LogP contribution is -2.39. The standard InChI is InChI=1S/C10H17NO/c1-6-7(2)10(6)11-4-9-3-8(11)5-12-9/h6-10H,3-5H2,1-2H3. The quantitative estimate of drug-likeness (QED) is 0.580. The number of morpholine rings is 1. The molecule has 0 aromatic rings. The topological polar surface area (TPSA) is 12.5 Å². The van der Waals surface area contributed by atoms with Crippen molar-refractivity contribution in [3.63, 3.8) is 0 Å². The maximum Gasteiger partial charge on any atom is 0.0718 e. The molecule has 3 fully saturated rings. The Balaban J connectivity index is 1.72. The highest BCUT2D eigenvalue weighted by Gasteiger charge is 2.53. The highest BCUT2D eigenvalue weighted by Crippen LogP contribution is 2.46. The van der Waals surface area contributed by atoms with Gasteiger partial charge in [0.1, 0.15) is 0 Å². The van der Waals surface area contributed by atoms with Crippen molar-refractivity contribution in [2.24, 2.45) is 11.8 Å². The first-order valence-electron chi connectivity index (χ1n) is 5.14. The van der Waals surface area contributed by atoms with Crippen LogP contribution in [0.2, 0.25) is 0 Å². The molecule has 1 aliphatic carbocycles. The van der Waals surface area contributed by atoms with Crippen LogP contribution in [0.25, 0.3) is 0 Å². The Bertz CT molecular complexity index is 198. The van der Waals surface area contributed by atoms with Crippen LogP contribution in [0.3, 0.4) is 0 Å². The normalized spacial score (nSPS) is 58.0. The second-order valence-corrected chi connectivity index (χ2v) is 4.75. The van der Waals surface area contributed by atoms with Gasteiger partial charge >= 0.3 is 0 Å². The number of hydrogen-bond acceptors (Lipinski definition) is 2. The van der Waals surface area contributed by atoms with Gasteiger partial charge in [0.25, 0.3) is 0 Å². The Labute approximate surface area is 73.9 Å². The van der Waals surface area contributed by atoms with Crippen LogP contribution >= 0.6 is 0 Å². The lowest BCUT2D eigenvalue weighted by molar-refractivity contribution is 0.0239. The van der Waals surface area contributed by atoms with Crippen molar-refractivity contribution < 1.29 is 4.74 Å². The Kier molecular flexibility index (Phi) is 1.37. The molecule has 2 nitrogen and oxygen atoms in total. The monoisotopic (exact) mass is 167 g/mol. The fourth-order valence-electron chi connectivity index (χ4n) is 3.03. The van der Waals surface area contributed by atoms with Crippen molar-refractivity contribution >= 4 is 0 Å². The molecule has 12 heavy (non-hydrogen) atoms. The van der Waals surface area contributed by atoms with Gasteiger partial charge in [-0.25, -0.2) is 0 Å². The fourth-order valence-corrected chi connectivity index (χ4v) is 3.03. The maximum atomic E-state index is 5.59. The zero-order chi connectivity index (χ0) is 8.29. The van der Waals surface area contributed by atoms with Gasteiger partial charge in [0, 0.05) is 18.6 Å². The minimum atomic E-state index is 0.579. The predicted molar refractivity (Wildman–Crippen MR) is 47.0 cm³/mol. The Morgan fingerprint density at radius 2 is 2.00 bits per heavy atom. The van der Waals surface area contributed by atoms with Gasteiger partial charge in [0.15, 0.2) is 0 Å². The SMILES string of the molecule is CC1C(C)C1N1CC2CC1CO2. The first-order valence-corrected chi connectivity index (χ1v) is 5.14. The summed E-state index contributed by atoms with van der Waals surface area (Å²) in [7, 11) is 0. The third kappa shape index (κ3) is 0.826. The number of likely N-dealkylation sites (tertiary alicyclic amines) is 1. The zero-order valence-electron chi connectivity index (χ0n) is 7.86. The third-order valence-electron chi connectivity index (χ3n) is 4.09. The second kappa shape index (κ2) is 2.24. The average Bonchev–Trinajstić information content (AvgIpc) is 2.57. The summed E-state index contributed by atoms with van der Waals surface area (Å²) >= 11 is 0. The summed E-state index contributed by atoms with van der Waals surface area (Å²) in [6.45, 7) is 6.97. The molecule has 0 radical (unpaired) electrons. The maximum absolute atomic E-state index is 5.59. The number of fused-ring (bicyclic) bond motifs is 2. The highest BCUT2D eigenvalue weighted by molar-refractivity contribution is 5.06. The van der Waals surface area contributed by atoms with E-state index in [0.717, 1.165) is 30.5 Å². The summed E-state index contributed by atoms with van der Waals surface area (Å²) in [6.07, 6.45) is 1.88. The van der Waals surface area contributed by atoms with Gasteiger partial charge in [0.05, 0.1) is 12.7 Å². The molecular formula is C10H17NO. The molecular weight excluding hydrogens is 150 g/mol. The van der Waals surface area contributed by atoms with E-state index in [9.17, 15) is 0 Å². The van der Waals surface area contributed by atoms with E-state index < -0.39 is 0 Å². The van der Waals surface area contributed by atoms with Crippen LogP contribution in [0.5, 0.6) is 0 Å². The lowest BCUT2D eigenvalue weighted by Gasteiger charge is -2.27. The van der Waals surface area contributed by atoms with Crippen LogP contribution < -0.4 is 0 Å². The third-order valence-corrected chi connectivity index (χ3v) is 4.09. The largest absolute Gasteiger partial charge is 0.375 e. The van der Waals surface area contributed by atoms with E-state index in [1.807, 2.05) is 0 Å². The molecule has 0 amide bonds. The van der Waals surface area contributed by atoms with Gasteiger partial charge in [-0.15, -0.1) is 0 Å². The molecule has 2 heterocycles. The summed E-state index contributed by atoms with van der Waals surface area (Å²) in [5.41, 5.74) is 0. The van der Waals surface area contributed by atoms with Gasteiger partial charge in [-0.05, 0) is 18.3 Å². The van der Waals surface area contributed by atoms with E-state index in [1.54, 1.807) is 0 Å². The summed E-state index contributed by atoms with van der Waals surface area (Å²) in [4.78, 5) is 2.70. The fraction of sp³-hybridized carbons (Fsp3) is 1.00. The van der Waals surface area contributed by atoms with Crippen molar-refractivity contribution in [2.45, 2.75) is 38.5 Å². The molecule has 0 N–H and O–H groups in total. The van der Waals surface area contributed by atoms with Gasteiger partial charge in [-0.3, -0.25) is 4.90 Å². The molecule has 3 aliphatic rings. The van der Waals surface area contributed by atoms with Crippen LogP contribution in [0.4, 0.5) is 0 Å². The van der Waals surface area contributed by atoms with Crippen LogP contribution in [0.15, 0.2) is 0 Å². The van der Waals surface area contributed by atoms with E-state index in [1.165, 1.54) is 13.0 Å². The number of ether oxygens (including phenoxy) is 1. The molecule has 0 aromatic carbocycles. The molecule has 4 atom stereocenters. The average molecular weight is 167 g/mol. The minimum absolute atomic E-state index is 0.579. The summed E-state index contributed by atoms with van der Waals surface area (Å²) in [5.74, 6) is 1.87. The van der Waals surface area contributed by atoms with Crippen LogP contribution in [-0.4, -0.2) is 36.2 Å². The number of hydrogen-bond donors (Lipinski definition) is 0. The summed E-state index contributed by atoms with van der Waals surface area (Å²) < 4.78 is 5.59. The first kappa shape index (κ1) is 7.34. The van der Waals surface area contributed by atoms with E-state index in [-0.39, 0.29) is 0 Å². The minimum Gasteiger partial charge on any atom is -0.375 e. The number of nitrogens with zero attached hydrogens (tertiary/aromatic N) is 1. The Morgan fingerprint density at radius 1 is 1.25 bits per heavy atom. The van der Waals surface area contributed by atoms with Crippen molar-refractivity contribution in [3.8, 4) is 0 Å².